The molecule has 1 aliphatic heterocycles. The van der Waals surface area contributed by atoms with Crippen molar-refractivity contribution in [3.05, 3.63) is 59.2 Å². The van der Waals surface area contributed by atoms with E-state index in [4.69, 9.17) is 5.84 Å². The Kier molecular flexibility index (Phi) is 4.45. The predicted molar refractivity (Wildman–Crippen MR) is 103 cm³/mol. The summed E-state index contributed by atoms with van der Waals surface area (Å²) in [7, 11) is 4.08. The molecule has 1 amide bonds. The van der Waals surface area contributed by atoms with E-state index in [1.807, 2.05) is 38.4 Å². The van der Waals surface area contributed by atoms with Gasteiger partial charge in [0.05, 0.1) is 16.8 Å². The second-order valence-corrected chi connectivity index (χ2v) is 6.56. The molecule has 0 unspecified atom stereocenters. The Hall–Kier alpha value is -2.50. The van der Waals surface area contributed by atoms with Crippen molar-refractivity contribution < 1.29 is 4.79 Å². The van der Waals surface area contributed by atoms with E-state index in [1.165, 1.54) is 5.56 Å². The van der Waals surface area contributed by atoms with Gasteiger partial charge in [-0.15, -0.1) is 12.4 Å². The first-order valence-electron chi connectivity index (χ1n) is 7.99. The molecule has 6 heteroatoms. The molecule has 130 valence electrons. The summed E-state index contributed by atoms with van der Waals surface area (Å²) in [5.74, 6) is 6.31. The van der Waals surface area contributed by atoms with Crippen LogP contribution in [0.25, 0.3) is 22.2 Å². The van der Waals surface area contributed by atoms with Gasteiger partial charge in [-0.1, -0.05) is 24.3 Å². The first-order chi connectivity index (χ1) is 11.5. The molecular formula is C19H21ClN4O. The molecule has 25 heavy (non-hydrogen) atoms. The Balaban J connectivity index is 0.00000182. The number of fused-ring (bicyclic) bond motifs is 2. The van der Waals surface area contributed by atoms with Gasteiger partial charge in [0.15, 0.2) is 0 Å². The summed E-state index contributed by atoms with van der Waals surface area (Å²) >= 11 is 0. The summed E-state index contributed by atoms with van der Waals surface area (Å²) in [4.78, 5) is 14.5. The van der Waals surface area contributed by atoms with E-state index in [-0.39, 0.29) is 18.3 Å². The van der Waals surface area contributed by atoms with Crippen molar-refractivity contribution >= 4 is 29.2 Å². The maximum absolute atomic E-state index is 12.3. The Morgan fingerprint density at radius 1 is 1.20 bits per heavy atom. The Labute approximate surface area is 152 Å². The topological polar surface area (TPSA) is 63.3 Å². The van der Waals surface area contributed by atoms with Crippen molar-refractivity contribution in [3.63, 3.8) is 0 Å². The molecule has 0 bridgehead atoms. The van der Waals surface area contributed by atoms with E-state index < -0.39 is 0 Å². The molecule has 0 spiro atoms. The molecule has 0 radical (unpaired) electrons. The molecule has 3 aromatic rings. The Morgan fingerprint density at radius 3 is 2.68 bits per heavy atom. The highest BCUT2D eigenvalue weighted by Crippen LogP contribution is 2.33. The number of nitrogens with one attached hydrogen (secondary N) is 1. The van der Waals surface area contributed by atoms with Gasteiger partial charge >= 0.3 is 0 Å². The zero-order chi connectivity index (χ0) is 16.8. The highest BCUT2D eigenvalue weighted by atomic mass is 35.5. The van der Waals surface area contributed by atoms with Crippen molar-refractivity contribution in [3.8, 4) is 11.3 Å². The van der Waals surface area contributed by atoms with Gasteiger partial charge in [-0.3, -0.25) is 9.47 Å². The molecule has 0 atom stereocenters. The van der Waals surface area contributed by atoms with Gasteiger partial charge in [0, 0.05) is 24.0 Å². The molecule has 0 saturated carbocycles. The number of hydrogen-bond donors (Lipinski definition) is 2. The minimum atomic E-state index is -0.0262. The predicted octanol–water partition coefficient (Wildman–Crippen LogP) is 2.75. The molecule has 2 heterocycles. The lowest BCUT2D eigenvalue weighted by Gasteiger charge is -2.14. The van der Waals surface area contributed by atoms with Gasteiger partial charge in [0.1, 0.15) is 0 Å². The summed E-state index contributed by atoms with van der Waals surface area (Å²) in [5.41, 5.74) is 5.68. The number of benzene rings is 2. The summed E-state index contributed by atoms with van der Waals surface area (Å²) in [6.45, 7) is 1.40. The van der Waals surface area contributed by atoms with Crippen LogP contribution >= 0.6 is 12.4 Å². The first kappa shape index (κ1) is 17.3. The van der Waals surface area contributed by atoms with Crippen LogP contribution in [0.4, 0.5) is 0 Å². The zero-order valence-electron chi connectivity index (χ0n) is 14.2. The minimum absolute atomic E-state index is 0. The van der Waals surface area contributed by atoms with Gasteiger partial charge < -0.3 is 16.1 Å². The van der Waals surface area contributed by atoms with Crippen LogP contribution in [0.2, 0.25) is 0 Å². The number of rotatable bonds is 3. The maximum Gasteiger partial charge on any atom is 0.252 e. The molecule has 5 nitrogen and oxygen atoms in total. The van der Waals surface area contributed by atoms with E-state index in [9.17, 15) is 4.79 Å². The zero-order valence-corrected chi connectivity index (χ0v) is 15.1. The van der Waals surface area contributed by atoms with Crippen molar-refractivity contribution in [2.24, 2.45) is 0 Å². The van der Waals surface area contributed by atoms with Crippen molar-refractivity contribution in [2.45, 2.75) is 13.1 Å². The van der Waals surface area contributed by atoms with Crippen LogP contribution in [0.5, 0.6) is 0 Å². The molecule has 2 aromatic carbocycles. The fourth-order valence-electron chi connectivity index (χ4n) is 3.48. The maximum atomic E-state index is 12.3. The lowest BCUT2D eigenvalue weighted by Crippen LogP contribution is -2.15. The molecule has 3 N–H and O–H groups in total. The smallest absolute Gasteiger partial charge is 0.252 e. The number of nitrogens with zero attached hydrogens (tertiary/aromatic N) is 2. The average Bonchev–Trinajstić information content (AvgIpc) is 3.08. The fourth-order valence-corrected chi connectivity index (χ4v) is 3.48. The molecule has 0 aliphatic carbocycles. The van der Waals surface area contributed by atoms with E-state index in [2.05, 4.69) is 28.4 Å². The van der Waals surface area contributed by atoms with Crippen molar-refractivity contribution in [1.29, 1.82) is 0 Å². The number of hydrogen-bond acceptors (Lipinski definition) is 3. The SMILES string of the molecule is CN(C)Cc1cc2c(c(-c3cc4ccccc4n3N)c1)C(=O)NC2.Cl. The lowest BCUT2D eigenvalue weighted by molar-refractivity contribution is 0.0966. The third-order valence-electron chi connectivity index (χ3n) is 4.47. The van der Waals surface area contributed by atoms with Gasteiger partial charge in [-0.05, 0) is 43.4 Å². The number of halogens is 1. The van der Waals surface area contributed by atoms with Gasteiger partial charge in [-0.25, -0.2) is 0 Å². The fraction of sp³-hybridized carbons (Fsp3) is 0.211. The number of para-hydroxylation sites is 1. The highest BCUT2D eigenvalue weighted by Gasteiger charge is 2.26. The largest absolute Gasteiger partial charge is 0.348 e. The lowest BCUT2D eigenvalue weighted by atomic mass is 9.96. The van der Waals surface area contributed by atoms with E-state index in [0.29, 0.717) is 6.54 Å². The van der Waals surface area contributed by atoms with E-state index in [1.54, 1.807) is 4.68 Å². The van der Waals surface area contributed by atoms with E-state index in [0.717, 1.165) is 39.8 Å². The molecule has 1 aliphatic rings. The number of carbonyl (C=O) groups is 1. The highest BCUT2D eigenvalue weighted by molar-refractivity contribution is 6.05. The summed E-state index contributed by atoms with van der Waals surface area (Å²) in [6.07, 6.45) is 0. The second kappa shape index (κ2) is 6.43. The standard InChI is InChI=1S/C19H20N4O.ClH/c1-22(2)11-12-7-14-10-21-19(24)18(14)15(8-12)17-9-13-5-3-4-6-16(13)23(17)20;/h3-9H,10-11,20H2,1-2H3,(H,21,24);1H. The number of carbonyl (C=O) groups excluding carboxylic acids is 1. The molecule has 1 aromatic heterocycles. The Morgan fingerprint density at radius 2 is 1.96 bits per heavy atom. The first-order valence-corrected chi connectivity index (χ1v) is 7.99. The molecule has 0 saturated heterocycles. The third-order valence-corrected chi connectivity index (χ3v) is 4.47. The van der Waals surface area contributed by atoms with Gasteiger partial charge in [0.25, 0.3) is 5.91 Å². The monoisotopic (exact) mass is 356 g/mol. The van der Waals surface area contributed by atoms with E-state index >= 15 is 0 Å². The van der Waals surface area contributed by atoms with Gasteiger partial charge in [0.2, 0.25) is 0 Å². The van der Waals surface area contributed by atoms with Crippen LogP contribution in [-0.2, 0) is 13.1 Å². The molecule has 4 rings (SSSR count). The number of aromatic nitrogens is 1. The number of amides is 1. The quantitative estimate of drug-likeness (QED) is 0.709. The van der Waals surface area contributed by atoms with Crippen LogP contribution in [0.3, 0.4) is 0 Å². The van der Waals surface area contributed by atoms with Crippen LogP contribution < -0.4 is 11.2 Å². The summed E-state index contributed by atoms with van der Waals surface area (Å²) < 4.78 is 1.68. The molecule has 0 fully saturated rings. The third kappa shape index (κ3) is 2.86. The van der Waals surface area contributed by atoms with Crippen molar-refractivity contribution in [1.82, 2.24) is 14.9 Å². The minimum Gasteiger partial charge on any atom is -0.348 e. The number of nitrogen functional groups attached to an aromatic ring is 1. The van der Waals surface area contributed by atoms with Crippen LogP contribution in [0.1, 0.15) is 21.5 Å². The van der Waals surface area contributed by atoms with Crippen LogP contribution in [0, 0.1) is 0 Å². The van der Waals surface area contributed by atoms with Gasteiger partial charge in [-0.2, -0.15) is 0 Å². The number of nitrogens with two attached hydrogens (primary N) is 1. The normalized spacial score (nSPS) is 13.0. The summed E-state index contributed by atoms with van der Waals surface area (Å²) in [6, 6.07) is 14.2. The Bertz CT molecular complexity index is 961. The average molecular weight is 357 g/mol. The van der Waals surface area contributed by atoms with Crippen molar-refractivity contribution in [2.75, 3.05) is 19.9 Å². The molecular weight excluding hydrogens is 336 g/mol. The van der Waals surface area contributed by atoms with Crippen LogP contribution in [0.15, 0.2) is 42.5 Å². The second-order valence-electron chi connectivity index (χ2n) is 6.56. The summed E-state index contributed by atoms with van der Waals surface area (Å²) in [5, 5.41) is 4.00. The van der Waals surface area contributed by atoms with Crippen LogP contribution in [-0.4, -0.2) is 29.6 Å².